The predicted molar refractivity (Wildman–Crippen MR) is 97.4 cm³/mol. The standard InChI is InChI=1S/C18H23ClFN3O2/c1-3-21-17(23-12-18(2,24)16-5-4-10-25-16)22-9-8-13-6-7-14(20)11-15(13)19/h4-7,10-11,24H,3,8-9,12H2,1-2H3,(H2,21,22,23). The molecule has 25 heavy (non-hydrogen) atoms. The van der Waals surface area contributed by atoms with Gasteiger partial charge in [0.25, 0.3) is 0 Å². The first-order chi connectivity index (χ1) is 11.9. The second-order valence-electron chi connectivity index (χ2n) is 5.86. The van der Waals surface area contributed by atoms with Crippen LogP contribution < -0.4 is 10.6 Å². The van der Waals surface area contributed by atoms with Crippen molar-refractivity contribution in [3.63, 3.8) is 0 Å². The second-order valence-corrected chi connectivity index (χ2v) is 6.27. The molecule has 0 saturated heterocycles. The molecule has 0 radical (unpaired) electrons. The van der Waals surface area contributed by atoms with Crippen molar-refractivity contribution in [2.75, 3.05) is 19.6 Å². The molecule has 0 bridgehead atoms. The molecule has 2 rings (SSSR count). The van der Waals surface area contributed by atoms with E-state index >= 15 is 0 Å². The molecule has 0 fully saturated rings. The molecule has 136 valence electrons. The number of benzene rings is 1. The van der Waals surface area contributed by atoms with Gasteiger partial charge in [0.05, 0.1) is 12.8 Å². The summed E-state index contributed by atoms with van der Waals surface area (Å²) in [6.07, 6.45) is 2.14. The van der Waals surface area contributed by atoms with E-state index in [1.165, 1.54) is 18.4 Å². The Labute approximate surface area is 151 Å². The van der Waals surface area contributed by atoms with Gasteiger partial charge in [-0.1, -0.05) is 17.7 Å². The van der Waals surface area contributed by atoms with Crippen molar-refractivity contribution >= 4 is 17.6 Å². The third-order valence-electron chi connectivity index (χ3n) is 3.64. The molecular weight excluding hydrogens is 345 g/mol. The summed E-state index contributed by atoms with van der Waals surface area (Å²) in [6.45, 7) is 5.01. The quantitative estimate of drug-likeness (QED) is 0.519. The Bertz CT molecular complexity index is 702. The molecule has 1 unspecified atom stereocenters. The van der Waals surface area contributed by atoms with Crippen molar-refractivity contribution in [1.29, 1.82) is 0 Å². The number of aliphatic imine (C=N–C) groups is 1. The van der Waals surface area contributed by atoms with Gasteiger partial charge in [0, 0.05) is 18.1 Å². The summed E-state index contributed by atoms with van der Waals surface area (Å²) in [5, 5.41) is 17.1. The zero-order chi connectivity index (χ0) is 18.3. The van der Waals surface area contributed by atoms with Gasteiger partial charge < -0.3 is 20.2 Å². The molecule has 0 aliphatic carbocycles. The van der Waals surface area contributed by atoms with Crippen LogP contribution in [-0.2, 0) is 12.0 Å². The van der Waals surface area contributed by atoms with E-state index in [0.29, 0.717) is 36.3 Å². The molecule has 1 aromatic heterocycles. The molecule has 1 atom stereocenters. The molecule has 0 amide bonds. The fourth-order valence-electron chi connectivity index (χ4n) is 2.28. The van der Waals surface area contributed by atoms with Gasteiger partial charge in [-0.3, -0.25) is 0 Å². The summed E-state index contributed by atoms with van der Waals surface area (Å²) < 4.78 is 18.3. The summed E-state index contributed by atoms with van der Waals surface area (Å²) >= 11 is 6.03. The van der Waals surface area contributed by atoms with E-state index in [1.807, 2.05) is 6.92 Å². The monoisotopic (exact) mass is 367 g/mol. The third-order valence-corrected chi connectivity index (χ3v) is 4.00. The minimum absolute atomic E-state index is 0.146. The molecule has 7 heteroatoms. The van der Waals surface area contributed by atoms with Crippen LogP contribution in [0.5, 0.6) is 0 Å². The molecule has 0 saturated carbocycles. The smallest absolute Gasteiger partial charge is 0.191 e. The van der Waals surface area contributed by atoms with Crippen LogP contribution in [0.25, 0.3) is 0 Å². The van der Waals surface area contributed by atoms with Crippen molar-refractivity contribution in [2.24, 2.45) is 4.99 Å². The zero-order valence-corrected chi connectivity index (χ0v) is 15.1. The van der Waals surface area contributed by atoms with Crippen LogP contribution in [0.1, 0.15) is 25.2 Å². The van der Waals surface area contributed by atoms with Gasteiger partial charge in [0.1, 0.15) is 17.2 Å². The van der Waals surface area contributed by atoms with Gasteiger partial charge in [-0.25, -0.2) is 9.38 Å². The fourth-order valence-corrected chi connectivity index (χ4v) is 2.54. The first kappa shape index (κ1) is 19.3. The van der Waals surface area contributed by atoms with Crippen LogP contribution in [0.3, 0.4) is 0 Å². The lowest BCUT2D eigenvalue weighted by Crippen LogP contribution is -2.39. The third kappa shape index (κ3) is 5.76. The summed E-state index contributed by atoms with van der Waals surface area (Å²) in [4.78, 5) is 4.40. The summed E-state index contributed by atoms with van der Waals surface area (Å²) in [5.41, 5.74) is -0.333. The molecule has 0 spiro atoms. The first-order valence-corrected chi connectivity index (χ1v) is 8.52. The van der Waals surface area contributed by atoms with Gasteiger partial charge in [0.2, 0.25) is 0 Å². The van der Waals surface area contributed by atoms with Crippen LogP contribution in [-0.4, -0.2) is 30.7 Å². The topological polar surface area (TPSA) is 69.8 Å². The Morgan fingerprint density at radius 3 is 2.80 bits per heavy atom. The number of guanidine groups is 1. The van der Waals surface area contributed by atoms with E-state index in [2.05, 4.69) is 15.6 Å². The van der Waals surface area contributed by atoms with Crippen LogP contribution in [0, 0.1) is 5.82 Å². The number of nitrogens with zero attached hydrogens (tertiary/aromatic N) is 1. The normalized spacial score (nSPS) is 14.2. The van der Waals surface area contributed by atoms with Crippen molar-refractivity contribution < 1.29 is 13.9 Å². The van der Waals surface area contributed by atoms with Crippen LogP contribution in [0.2, 0.25) is 5.02 Å². The lowest BCUT2D eigenvalue weighted by atomic mass is 10.0. The highest BCUT2D eigenvalue weighted by atomic mass is 35.5. The molecule has 0 aliphatic rings. The van der Waals surface area contributed by atoms with E-state index in [1.54, 1.807) is 25.1 Å². The SMILES string of the molecule is CCNC(=NCC(C)(O)c1ccco1)NCCc1ccc(F)cc1Cl. The van der Waals surface area contributed by atoms with Crippen LogP contribution >= 0.6 is 11.6 Å². The van der Waals surface area contributed by atoms with Crippen molar-refractivity contribution in [3.05, 3.63) is 58.8 Å². The van der Waals surface area contributed by atoms with Gasteiger partial charge in [-0.15, -0.1) is 0 Å². The molecule has 0 aliphatic heterocycles. The highest BCUT2D eigenvalue weighted by molar-refractivity contribution is 6.31. The van der Waals surface area contributed by atoms with Crippen LogP contribution in [0.4, 0.5) is 4.39 Å². The number of aliphatic hydroxyl groups is 1. The molecule has 3 N–H and O–H groups in total. The lowest BCUT2D eigenvalue weighted by Gasteiger charge is -2.19. The number of hydrogen-bond donors (Lipinski definition) is 3. The number of furan rings is 1. The fraction of sp³-hybridized carbons (Fsp3) is 0.389. The van der Waals surface area contributed by atoms with E-state index in [-0.39, 0.29) is 12.4 Å². The largest absolute Gasteiger partial charge is 0.466 e. The van der Waals surface area contributed by atoms with Crippen molar-refractivity contribution in [2.45, 2.75) is 25.9 Å². The molecule has 5 nitrogen and oxygen atoms in total. The van der Waals surface area contributed by atoms with Gasteiger partial charge in [-0.05, 0) is 50.1 Å². The molecule has 2 aromatic rings. The minimum atomic E-state index is -1.19. The van der Waals surface area contributed by atoms with Gasteiger partial charge in [0.15, 0.2) is 5.96 Å². The highest BCUT2D eigenvalue weighted by Gasteiger charge is 2.26. The minimum Gasteiger partial charge on any atom is -0.466 e. The Morgan fingerprint density at radius 1 is 1.36 bits per heavy atom. The Morgan fingerprint density at radius 2 is 2.16 bits per heavy atom. The molecular formula is C18H23ClFN3O2. The number of rotatable bonds is 7. The Kier molecular flexibility index (Phi) is 6.84. The van der Waals surface area contributed by atoms with E-state index in [9.17, 15) is 9.50 Å². The first-order valence-electron chi connectivity index (χ1n) is 8.15. The number of halogens is 2. The highest BCUT2D eigenvalue weighted by Crippen LogP contribution is 2.21. The average molecular weight is 368 g/mol. The van der Waals surface area contributed by atoms with Crippen LogP contribution in [0.15, 0.2) is 46.0 Å². The average Bonchev–Trinajstić information content (AvgIpc) is 3.10. The van der Waals surface area contributed by atoms with E-state index in [0.717, 1.165) is 5.56 Å². The van der Waals surface area contributed by atoms with E-state index in [4.69, 9.17) is 16.0 Å². The summed E-state index contributed by atoms with van der Waals surface area (Å²) in [6, 6.07) is 7.80. The molecule has 1 aromatic carbocycles. The predicted octanol–water partition coefficient (Wildman–Crippen LogP) is 3.08. The molecule has 1 heterocycles. The number of nitrogens with one attached hydrogen (secondary N) is 2. The Hall–Kier alpha value is -2.05. The van der Waals surface area contributed by atoms with Crippen molar-refractivity contribution in [3.8, 4) is 0 Å². The second kappa shape index (κ2) is 8.87. The Balaban J connectivity index is 1.93. The van der Waals surface area contributed by atoms with Gasteiger partial charge in [-0.2, -0.15) is 0 Å². The maximum absolute atomic E-state index is 13.1. The van der Waals surface area contributed by atoms with Gasteiger partial charge >= 0.3 is 0 Å². The van der Waals surface area contributed by atoms with E-state index < -0.39 is 5.60 Å². The summed E-state index contributed by atoms with van der Waals surface area (Å²) in [5.74, 6) is 0.689. The maximum Gasteiger partial charge on any atom is 0.191 e. The zero-order valence-electron chi connectivity index (χ0n) is 14.4. The summed E-state index contributed by atoms with van der Waals surface area (Å²) in [7, 11) is 0. The van der Waals surface area contributed by atoms with Crippen molar-refractivity contribution in [1.82, 2.24) is 10.6 Å². The number of hydrogen-bond acceptors (Lipinski definition) is 3. The maximum atomic E-state index is 13.1. The lowest BCUT2D eigenvalue weighted by molar-refractivity contribution is 0.0437.